The standard InChI is InChI=1S/C12H20N4O2/c1-2-16-11(13-9-14-16)8-15-5-3-10(4-6-15)7-12(17)18/h9-10H,2-8H2,1H3,(H,17,18). The van der Waals surface area contributed by atoms with Gasteiger partial charge in [-0.05, 0) is 38.8 Å². The maximum atomic E-state index is 10.7. The molecule has 1 aliphatic rings. The predicted octanol–water partition coefficient (Wildman–Crippen LogP) is 0.985. The van der Waals surface area contributed by atoms with Gasteiger partial charge in [0.2, 0.25) is 0 Å². The fraction of sp³-hybridized carbons (Fsp3) is 0.750. The molecule has 0 spiro atoms. The fourth-order valence-electron chi connectivity index (χ4n) is 2.47. The average molecular weight is 252 g/mol. The molecule has 1 fully saturated rings. The van der Waals surface area contributed by atoms with Crippen LogP contribution in [0.3, 0.4) is 0 Å². The van der Waals surface area contributed by atoms with Gasteiger partial charge in [-0.2, -0.15) is 5.10 Å². The van der Waals surface area contributed by atoms with E-state index in [0.29, 0.717) is 12.3 Å². The number of carboxylic acids is 1. The molecule has 0 bridgehead atoms. The van der Waals surface area contributed by atoms with Crippen LogP contribution in [0.4, 0.5) is 0 Å². The van der Waals surface area contributed by atoms with Gasteiger partial charge in [-0.1, -0.05) is 0 Å². The number of hydrogen-bond donors (Lipinski definition) is 1. The van der Waals surface area contributed by atoms with Crippen molar-refractivity contribution in [3.63, 3.8) is 0 Å². The summed E-state index contributed by atoms with van der Waals surface area (Å²) in [4.78, 5) is 17.2. The molecule has 0 aromatic carbocycles. The molecule has 1 aliphatic heterocycles. The third kappa shape index (κ3) is 3.29. The van der Waals surface area contributed by atoms with Crippen molar-refractivity contribution in [1.29, 1.82) is 0 Å². The van der Waals surface area contributed by atoms with E-state index in [4.69, 9.17) is 5.11 Å². The number of piperidine rings is 1. The van der Waals surface area contributed by atoms with Crippen molar-refractivity contribution < 1.29 is 9.90 Å². The molecule has 2 rings (SSSR count). The highest BCUT2D eigenvalue weighted by Crippen LogP contribution is 2.21. The zero-order valence-electron chi connectivity index (χ0n) is 10.7. The van der Waals surface area contributed by atoms with Crippen LogP contribution in [0, 0.1) is 5.92 Å². The second kappa shape index (κ2) is 5.95. The minimum atomic E-state index is -0.681. The number of carbonyl (C=O) groups is 1. The summed E-state index contributed by atoms with van der Waals surface area (Å²) in [6, 6.07) is 0. The zero-order valence-corrected chi connectivity index (χ0v) is 10.7. The van der Waals surface area contributed by atoms with Gasteiger partial charge in [0.25, 0.3) is 0 Å². The highest BCUT2D eigenvalue weighted by Gasteiger charge is 2.22. The topological polar surface area (TPSA) is 71.2 Å². The van der Waals surface area contributed by atoms with Crippen LogP contribution in [0.25, 0.3) is 0 Å². The molecular formula is C12H20N4O2. The van der Waals surface area contributed by atoms with E-state index in [2.05, 4.69) is 21.9 Å². The minimum Gasteiger partial charge on any atom is -0.481 e. The first kappa shape index (κ1) is 13.0. The Hall–Kier alpha value is -1.43. The van der Waals surface area contributed by atoms with E-state index in [-0.39, 0.29) is 0 Å². The molecule has 100 valence electrons. The summed E-state index contributed by atoms with van der Waals surface area (Å²) in [5.74, 6) is 0.649. The molecule has 2 heterocycles. The maximum Gasteiger partial charge on any atom is 0.303 e. The van der Waals surface area contributed by atoms with E-state index in [1.165, 1.54) is 0 Å². The van der Waals surface area contributed by atoms with Crippen LogP contribution in [0.15, 0.2) is 6.33 Å². The molecule has 0 saturated carbocycles. The third-order valence-electron chi connectivity index (χ3n) is 3.53. The Kier molecular flexibility index (Phi) is 4.30. The molecular weight excluding hydrogens is 232 g/mol. The van der Waals surface area contributed by atoms with Crippen molar-refractivity contribution in [2.75, 3.05) is 13.1 Å². The Morgan fingerprint density at radius 1 is 1.50 bits per heavy atom. The van der Waals surface area contributed by atoms with Crippen LogP contribution in [-0.2, 0) is 17.9 Å². The summed E-state index contributed by atoms with van der Waals surface area (Å²) in [6.07, 6.45) is 3.83. The Labute approximate surface area is 107 Å². The minimum absolute atomic E-state index is 0.305. The van der Waals surface area contributed by atoms with E-state index in [0.717, 1.165) is 44.8 Å². The number of rotatable bonds is 5. The number of aryl methyl sites for hydroxylation is 1. The lowest BCUT2D eigenvalue weighted by atomic mass is 9.94. The molecule has 18 heavy (non-hydrogen) atoms. The van der Waals surface area contributed by atoms with Gasteiger partial charge in [0.15, 0.2) is 0 Å². The predicted molar refractivity (Wildman–Crippen MR) is 65.9 cm³/mol. The number of carboxylic acid groups (broad SMARTS) is 1. The van der Waals surface area contributed by atoms with Crippen molar-refractivity contribution in [2.45, 2.75) is 39.3 Å². The van der Waals surface area contributed by atoms with Crippen molar-refractivity contribution in [3.05, 3.63) is 12.2 Å². The second-order valence-corrected chi connectivity index (χ2v) is 4.81. The van der Waals surface area contributed by atoms with E-state index < -0.39 is 5.97 Å². The van der Waals surface area contributed by atoms with Crippen molar-refractivity contribution >= 4 is 5.97 Å². The maximum absolute atomic E-state index is 10.7. The molecule has 1 aromatic rings. The molecule has 0 atom stereocenters. The lowest BCUT2D eigenvalue weighted by Gasteiger charge is -2.30. The Bertz CT molecular complexity index is 397. The molecule has 0 amide bonds. The SMILES string of the molecule is CCn1ncnc1CN1CCC(CC(=O)O)CC1. The van der Waals surface area contributed by atoms with Gasteiger partial charge in [0, 0.05) is 13.0 Å². The summed E-state index contributed by atoms with van der Waals surface area (Å²) in [5.41, 5.74) is 0. The van der Waals surface area contributed by atoms with Crippen LogP contribution in [0.5, 0.6) is 0 Å². The molecule has 0 radical (unpaired) electrons. The molecule has 0 aliphatic carbocycles. The Morgan fingerprint density at radius 3 is 2.83 bits per heavy atom. The normalized spacial score (nSPS) is 18.1. The molecule has 1 saturated heterocycles. The summed E-state index contributed by atoms with van der Waals surface area (Å²) in [7, 11) is 0. The van der Waals surface area contributed by atoms with E-state index >= 15 is 0 Å². The number of likely N-dealkylation sites (tertiary alicyclic amines) is 1. The van der Waals surface area contributed by atoms with E-state index in [1.54, 1.807) is 6.33 Å². The smallest absolute Gasteiger partial charge is 0.303 e. The van der Waals surface area contributed by atoms with E-state index in [9.17, 15) is 4.79 Å². The van der Waals surface area contributed by atoms with Crippen molar-refractivity contribution in [1.82, 2.24) is 19.7 Å². The van der Waals surface area contributed by atoms with Gasteiger partial charge in [0.1, 0.15) is 12.2 Å². The van der Waals surface area contributed by atoms with Crippen molar-refractivity contribution in [2.24, 2.45) is 5.92 Å². The van der Waals surface area contributed by atoms with Gasteiger partial charge in [0.05, 0.1) is 6.54 Å². The quantitative estimate of drug-likeness (QED) is 0.846. The Morgan fingerprint density at radius 2 is 2.22 bits per heavy atom. The largest absolute Gasteiger partial charge is 0.481 e. The lowest BCUT2D eigenvalue weighted by Crippen LogP contribution is -2.34. The number of hydrogen-bond acceptors (Lipinski definition) is 4. The number of aliphatic carboxylic acids is 1. The third-order valence-corrected chi connectivity index (χ3v) is 3.53. The average Bonchev–Trinajstić information content (AvgIpc) is 2.78. The molecule has 6 nitrogen and oxygen atoms in total. The molecule has 1 N–H and O–H groups in total. The first-order chi connectivity index (χ1) is 8.69. The highest BCUT2D eigenvalue weighted by atomic mass is 16.4. The van der Waals surface area contributed by atoms with Crippen LogP contribution in [0.1, 0.15) is 32.0 Å². The zero-order chi connectivity index (χ0) is 13.0. The molecule has 1 aromatic heterocycles. The summed E-state index contributed by atoms with van der Waals surface area (Å²) in [6.45, 7) is 5.61. The Balaban J connectivity index is 1.81. The van der Waals surface area contributed by atoms with Crippen molar-refractivity contribution in [3.8, 4) is 0 Å². The van der Waals surface area contributed by atoms with Gasteiger partial charge in [-0.15, -0.1) is 0 Å². The molecule has 0 unspecified atom stereocenters. The van der Waals surface area contributed by atoms with Crippen LogP contribution < -0.4 is 0 Å². The first-order valence-corrected chi connectivity index (χ1v) is 6.50. The summed E-state index contributed by atoms with van der Waals surface area (Å²) in [5, 5.41) is 12.9. The first-order valence-electron chi connectivity index (χ1n) is 6.50. The molecule has 6 heteroatoms. The lowest BCUT2D eigenvalue weighted by molar-refractivity contribution is -0.138. The van der Waals surface area contributed by atoms with Crippen LogP contribution in [-0.4, -0.2) is 43.8 Å². The number of aromatic nitrogens is 3. The fourth-order valence-corrected chi connectivity index (χ4v) is 2.47. The summed E-state index contributed by atoms with van der Waals surface area (Å²) >= 11 is 0. The number of nitrogens with zero attached hydrogens (tertiary/aromatic N) is 4. The van der Waals surface area contributed by atoms with E-state index in [1.807, 2.05) is 4.68 Å². The van der Waals surface area contributed by atoms with Gasteiger partial charge >= 0.3 is 5.97 Å². The van der Waals surface area contributed by atoms with Gasteiger partial charge < -0.3 is 5.11 Å². The van der Waals surface area contributed by atoms with Crippen LogP contribution in [0.2, 0.25) is 0 Å². The summed E-state index contributed by atoms with van der Waals surface area (Å²) < 4.78 is 1.91. The monoisotopic (exact) mass is 252 g/mol. The van der Waals surface area contributed by atoms with Crippen LogP contribution >= 0.6 is 0 Å². The van der Waals surface area contributed by atoms with Gasteiger partial charge in [-0.25, -0.2) is 9.67 Å². The second-order valence-electron chi connectivity index (χ2n) is 4.81. The van der Waals surface area contributed by atoms with Gasteiger partial charge in [-0.3, -0.25) is 9.69 Å². The highest BCUT2D eigenvalue weighted by molar-refractivity contribution is 5.67.